The topological polar surface area (TPSA) is 62.3 Å². The number of hydrogen-bond acceptors (Lipinski definition) is 5. The lowest BCUT2D eigenvalue weighted by atomic mass is 10.1. The van der Waals surface area contributed by atoms with Gasteiger partial charge in [0.15, 0.2) is 12.1 Å². The van der Waals surface area contributed by atoms with Crippen LogP contribution in [0.25, 0.3) is 11.3 Å². The molecule has 1 aromatic carbocycles. The smallest absolute Gasteiger partial charge is 0.167 e. The van der Waals surface area contributed by atoms with E-state index in [0.29, 0.717) is 0 Å². The van der Waals surface area contributed by atoms with Gasteiger partial charge in [0.2, 0.25) is 0 Å². The second-order valence-electron chi connectivity index (χ2n) is 7.31. The van der Waals surface area contributed by atoms with Gasteiger partial charge < -0.3 is 18.6 Å². The Bertz CT molecular complexity index is 916. The number of aromatic nitrogens is 3. The zero-order valence-corrected chi connectivity index (χ0v) is 18.9. The van der Waals surface area contributed by atoms with Gasteiger partial charge in [-0.25, -0.2) is 4.98 Å². The number of imidazole rings is 1. The molecule has 3 heterocycles. The van der Waals surface area contributed by atoms with Crippen LogP contribution in [0.3, 0.4) is 0 Å². The van der Waals surface area contributed by atoms with E-state index in [4.69, 9.17) is 14.0 Å². The van der Waals surface area contributed by atoms with E-state index in [2.05, 4.69) is 68.5 Å². The first-order chi connectivity index (χ1) is 14.2. The molecule has 3 atom stereocenters. The standard InChI is InChI=1S/C22H26IN3O3/c1-3-19(18-14-20(29-25-18)16-7-9-17(23)10-8-16)26-12-11-24-22(26)15(2)28-21-6-4-5-13-27-21/h7-12,14-15,19,21H,3-6,13H2,1-2H3/t15-,19+,21?/m0/s1. The van der Waals surface area contributed by atoms with E-state index in [1.807, 2.05) is 25.4 Å². The van der Waals surface area contributed by atoms with Crippen LogP contribution in [0.5, 0.6) is 0 Å². The minimum absolute atomic E-state index is 0.0344. The molecule has 1 aliphatic heterocycles. The number of benzene rings is 1. The predicted octanol–water partition coefficient (Wildman–Crippen LogP) is 5.75. The van der Waals surface area contributed by atoms with E-state index in [1.165, 1.54) is 3.57 Å². The van der Waals surface area contributed by atoms with Gasteiger partial charge in [-0.2, -0.15) is 0 Å². The molecule has 1 fully saturated rings. The average Bonchev–Trinajstić information content (AvgIpc) is 3.41. The molecule has 1 saturated heterocycles. The highest BCUT2D eigenvalue weighted by Gasteiger charge is 2.25. The zero-order chi connectivity index (χ0) is 20.2. The van der Waals surface area contributed by atoms with Crippen LogP contribution in [0.15, 0.2) is 47.2 Å². The van der Waals surface area contributed by atoms with Crippen molar-refractivity contribution in [3.8, 4) is 11.3 Å². The summed E-state index contributed by atoms with van der Waals surface area (Å²) in [5.41, 5.74) is 1.91. The number of ether oxygens (including phenoxy) is 2. The van der Waals surface area contributed by atoms with Crippen LogP contribution in [-0.2, 0) is 9.47 Å². The molecule has 0 spiro atoms. The van der Waals surface area contributed by atoms with Gasteiger partial charge in [-0.1, -0.05) is 24.2 Å². The van der Waals surface area contributed by atoms with E-state index in [0.717, 1.165) is 55.1 Å². The lowest BCUT2D eigenvalue weighted by Gasteiger charge is -2.27. The van der Waals surface area contributed by atoms with E-state index in [-0.39, 0.29) is 18.4 Å². The molecule has 0 radical (unpaired) electrons. The summed E-state index contributed by atoms with van der Waals surface area (Å²) >= 11 is 2.30. The fourth-order valence-electron chi connectivity index (χ4n) is 3.75. The quantitative estimate of drug-likeness (QED) is 0.382. The predicted molar refractivity (Wildman–Crippen MR) is 118 cm³/mol. The number of rotatable bonds is 7. The number of nitrogens with zero attached hydrogens (tertiary/aromatic N) is 3. The monoisotopic (exact) mass is 507 g/mol. The van der Waals surface area contributed by atoms with Crippen molar-refractivity contribution in [1.82, 2.24) is 14.7 Å². The molecule has 1 unspecified atom stereocenters. The normalized spacial score (nSPS) is 19.2. The summed E-state index contributed by atoms with van der Waals surface area (Å²) in [4.78, 5) is 4.57. The van der Waals surface area contributed by atoms with Gasteiger partial charge in [-0.15, -0.1) is 0 Å². The molecule has 0 saturated carbocycles. The van der Waals surface area contributed by atoms with Crippen molar-refractivity contribution in [3.05, 3.63) is 57.8 Å². The van der Waals surface area contributed by atoms with E-state index in [1.54, 1.807) is 0 Å². The van der Waals surface area contributed by atoms with E-state index in [9.17, 15) is 0 Å². The van der Waals surface area contributed by atoms with Crippen molar-refractivity contribution in [2.75, 3.05) is 6.61 Å². The van der Waals surface area contributed by atoms with Gasteiger partial charge in [0.05, 0.1) is 6.04 Å². The van der Waals surface area contributed by atoms with Crippen LogP contribution in [0, 0.1) is 3.57 Å². The van der Waals surface area contributed by atoms with Crippen molar-refractivity contribution in [3.63, 3.8) is 0 Å². The zero-order valence-electron chi connectivity index (χ0n) is 16.8. The highest BCUT2D eigenvalue weighted by atomic mass is 127. The Morgan fingerprint density at radius 2 is 2.10 bits per heavy atom. The molecule has 154 valence electrons. The molecular formula is C22H26IN3O3. The Morgan fingerprint density at radius 3 is 2.83 bits per heavy atom. The average molecular weight is 507 g/mol. The second-order valence-corrected chi connectivity index (χ2v) is 8.56. The Hall–Kier alpha value is -1.71. The maximum Gasteiger partial charge on any atom is 0.167 e. The summed E-state index contributed by atoms with van der Waals surface area (Å²) in [6, 6.07) is 10.3. The molecule has 0 bridgehead atoms. The van der Waals surface area contributed by atoms with Gasteiger partial charge in [0.1, 0.15) is 17.6 Å². The molecule has 2 aromatic heterocycles. The molecule has 7 heteroatoms. The summed E-state index contributed by atoms with van der Waals surface area (Å²) in [6.07, 6.45) is 7.55. The van der Waals surface area contributed by atoms with Crippen molar-refractivity contribution in [1.29, 1.82) is 0 Å². The van der Waals surface area contributed by atoms with Crippen LogP contribution in [-0.4, -0.2) is 27.6 Å². The molecule has 0 N–H and O–H groups in total. The first kappa shape index (κ1) is 20.6. The van der Waals surface area contributed by atoms with E-state index >= 15 is 0 Å². The molecule has 0 aliphatic carbocycles. The van der Waals surface area contributed by atoms with Crippen LogP contribution < -0.4 is 0 Å². The summed E-state index contributed by atoms with van der Waals surface area (Å²) < 4.78 is 20.9. The number of hydrogen-bond donors (Lipinski definition) is 0. The molecule has 6 nitrogen and oxygen atoms in total. The first-order valence-corrected chi connectivity index (χ1v) is 11.3. The lowest BCUT2D eigenvalue weighted by Crippen LogP contribution is -2.25. The van der Waals surface area contributed by atoms with Crippen molar-refractivity contribution >= 4 is 22.6 Å². The minimum atomic E-state index is -0.162. The van der Waals surface area contributed by atoms with Gasteiger partial charge >= 0.3 is 0 Å². The van der Waals surface area contributed by atoms with Gasteiger partial charge in [-0.3, -0.25) is 0 Å². The van der Waals surface area contributed by atoms with Crippen LogP contribution in [0.1, 0.15) is 63.2 Å². The van der Waals surface area contributed by atoms with Gasteiger partial charge in [-0.05, 0) is 67.3 Å². The molecule has 4 rings (SSSR count). The van der Waals surface area contributed by atoms with Crippen molar-refractivity contribution < 1.29 is 14.0 Å². The lowest BCUT2D eigenvalue weighted by molar-refractivity contribution is -0.188. The molecule has 1 aliphatic rings. The highest BCUT2D eigenvalue weighted by Crippen LogP contribution is 2.31. The van der Waals surface area contributed by atoms with Gasteiger partial charge in [0, 0.05) is 34.2 Å². The Balaban J connectivity index is 1.54. The van der Waals surface area contributed by atoms with Gasteiger partial charge in [0.25, 0.3) is 0 Å². The summed E-state index contributed by atoms with van der Waals surface area (Å²) in [5.74, 6) is 1.65. The minimum Gasteiger partial charge on any atom is -0.356 e. The summed E-state index contributed by atoms with van der Waals surface area (Å²) in [6.45, 7) is 4.94. The molecule has 3 aromatic rings. The Morgan fingerprint density at radius 1 is 1.28 bits per heavy atom. The molecule has 0 amide bonds. The summed E-state index contributed by atoms with van der Waals surface area (Å²) in [5, 5.41) is 4.37. The Labute approximate surface area is 184 Å². The van der Waals surface area contributed by atoms with Crippen LogP contribution in [0.4, 0.5) is 0 Å². The number of halogens is 1. The fraction of sp³-hybridized carbons (Fsp3) is 0.455. The highest BCUT2D eigenvalue weighted by molar-refractivity contribution is 14.1. The maximum atomic E-state index is 6.14. The largest absolute Gasteiger partial charge is 0.356 e. The SMILES string of the molecule is CC[C@H](c1cc(-c2ccc(I)cc2)on1)n1ccnc1[C@H](C)OC1CCCCO1. The Kier molecular flexibility index (Phi) is 6.67. The fourth-order valence-corrected chi connectivity index (χ4v) is 4.11. The summed E-state index contributed by atoms with van der Waals surface area (Å²) in [7, 11) is 0. The van der Waals surface area contributed by atoms with E-state index < -0.39 is 0 Å². The van der Waals surface area contributed by atoms with Crippen molar-refractivity contribution in [2.45, 2.75) is 58.0 Å². The first-order valence-electron chi connectivity index (χ1n) is 10.2. The molecule has 29 heavy (non-hydrogen) atoms. The van der Waals surface area contributed by atoms with Crippen molar-refractivity contribution in [2.24, 2.45) is 0 Å². The third-order valence-electron chi connectivity index (χ3n) is 5.28. The maximum absolute atomic E-state index is 6.14. The van der Waals surface area contributed by atoms with Crippen LogP contribution in [0.2, 0.25) is 0 Å². The molecular weight excluding hydrogens is 481 g/mol. The van der Waals surface area contributed by atoms with Crippen LogP contribution >= 0.6 is 22.6 Å². The third kappa shape index (κ3) is 4.73. The third-order valence-corrected chi connectivity index (χ3v) is 6.00. The second kappa shape index (κ2) is 9.40.